The molecule has 2 aliphatic heterocycles. The summed E-state index contributed by atoms with van der Waals surface area (Å²) in [5.74, 6) is 1.36. The van der Waals surface area contributed by atoms with Gasteiger partial charge in [-0.15, -0.1) is 0 Å². The van der Waals surface area contributed by atoms with Crippen molar-refractivity contribution in [3.05, 3.63) is 79.7 Å². The Balaban J connectivity index is 1.95. The van der Waals surface area contributed by atoms with Gasteiger partial charge in [0, 0.05) is 11.1 Å². The maximum absolute atomic E-state index is 12.5. The lowest BCUT2D eigenvalue weighted by molar-refractivity contribution is 0.415. The Labute approximate surface area is 148 Å². The molecule has 128 valence electrons. The summed E-state index contributed by atoms with van der Waals surface area (Å²) < 4.78 is 10.3. The van der Waals surface area contributed by atoms with Crippen molar-refractivity contribution in [1.29, 1.82) is 0 Å². The van der Waals surface area contributed by atoms with Gasteiger partial charge in [-0.05, 0) is 48.5 Å². The van der Waals surface area contributed by atoms with Crippen LogP contribution in [0, 0.1) is 10.4 Å². The van der Waals surface area contributed by atoms with E-state index in [2.05, 4.69) is 9.97 Å². The molecule has 0 amide bonds. The molecule has 0 bridgehead atoms. The van der Waals surface area contributed by atoms with E-state index in [0.717, 1.165) is 0 Å². The normalized spacial score (nSPS) is 11.0. The van der Waals surface area contributed by atoms with Crippen LogP contribution < -0.4 is 20.6 Å². The van der Waals surface area contributed by atoms with E-state index in [0.29, 0.717) is 34.0 Å². The molecule has 0 saturated carbocycles. The lowest BCUT2D eigenvalue weighted by Gasteiger charge is -2.00. The molecule has 0 spiro atoms. The van der Waals surface area contributed by atoms with Crippen LogP contribution in [0.5, 0.6) is 11.5 Å². The molecular weight excluding hydrogens is 332 g/mol. The van der Waals surface area contributed by atoms with Crippen LogP contribution in [-0.2, 0) is 0 Å². The highest BCUT2D eigenvalue weighted by atomic mass is 16.5. The van der Waals surface area contributed by atoms with Crippen molar-refractivity contribution in [2.45, 2.75) is 0 Å². The zero-order valence-electron chi connectivity index (χ0n) is 14.1. The van der Waals surface area contributed by atoms with E-state index in [4.69, 9.17) is 9.47 Å². The second kappa shape index (κ2) is 6.07. The Kier molecular flexibility index (Phi) is 3.73. The molecule has 4 rings (SSSR count). The van der Waals surface area contributed by atoms with E-state index in [1.807, 2.05) is 0 Å². The molecule has 2 aromatic carbocycles. The summed E-state index contributed by atoms with van der Waals surface area (Å²) >= 11 is 0. The molecule has 26 heavy (non-hydrogen) atoms. The van der Waals surface area contributed by atoms with E-state index in [-0.39, 0.29) is 10.4 Å². The molecule has 0 saturated heterocycles. The maximum Gasteiger partial charge on any atom is 0.280 e. The van der Waals surface area contributed by atoms with Gasteiger partial charge in [0.1, 0.15) is 11.5 Å². The van der Waals surface area contributed by atoms with E-state index >= 15 is 0 Å². The number of ether oxygens (including phenoxy) is 2. The summed E-state index contributed by atoms with van der Waals surface area (Å²) in [5.41, 5.74) is 1.14. The lowest BCUT2D eigenvalue weighted by atomic mass is 10.1. The Morgan fingerprint density at radius 1 is 0.615 bits per heavy atom. The number of benzene rings is 2. The van der Waals surface area contributed by atoms with Crippen molar-refractivity contribution < 1.29 is 9.47 Å². The minimum Gasteiger partial charge on any atom is -0.497 e. The van der Waals surface area contributed by atoms with Gasteiger partial charge in [-0.3, -0.25) is 9.59 Å². The van der Waals surface area contributed by atoms with Gasteiger partial charge in [0.05, 0.1) is 36.0 Å². The van der Waals surface area contributed by atoms with E-state index in [1.54, 1.807) is 62.8 Å². The van der Waals surface area contributed by atoms with Gasteiger partial charge in [0.15, 0.2) is 0 Å². The van der Waals surface area contributed by atoms with Gasteiger partial charge in [-0.25, -0.2) is 9.97 Å². The van der Waals surface area contributed by atoms with Crippen LogP contribution in [0.3, 0.4) is 0 Å². The highest BCUT2D eigenvalue weighted by Gasteiger charge is 2.19. The zero-order chi connectivity index (χ0) is 18.3. The van der Waals surface area contributed by atoms with Crippen molar-refractivity contribution >= 4 is 0 Å². The molecule has 0 fully saturated rings. The summed E-state index contributed by atoms with van der Waals surface area (Å²) in [6.45, 7) is 0. The van der Waals surface area contributed by atoms with Crippen molar-refractivity contribution in [2.75, 3.05) is 14.2 Å². The van der Waals surface area contributed by atoms with Gasteiger partial charge >= 0.3 is 0 Å². The van der Waals surface area contributed by atoms with Crippen molar-refractivity contribution in [2.24, 2.45) is 0 Å². The Hall–Kier alpha value is -3.54. The molecule has 0 unspecified atom stereocenters. The van der Waals surface area contributed by atoms with Crippen LogP contribution in [0.25, 0.3) is 22.5 Å². The first-order valence-corrected chi connectivity index (χ1v) is 7.92. The third-order valence-electron chi connectivity index (χ3n) is 4.30. The standard InChI is InChI=1S/C20H14N2O4/c1-25-13-7-3-11(4-8-13)17-15-16(20(24)21-17)18(22-19(15)23)12-5-9-14(26-2)10-6-12/h3-10H,1-2H3. The van der Waals surface area contributed by atoms with E-state index in [9.17, 15) is 9.59 Å². The van der Waals surface area contributed by atoms with Gasteiger partial charge in [-0.1, -0.05) is 0 Å². The highest BCUT2D eigenvalue weighted by Crippen LogP contribution is 2.25. The van der Waals surface area contributed by atoms with Gasteiger partial charge in [-0.2, -0.15) is 0 Å². The Morgan fingerprint density at radius 2 is 0.962 bits per heavy atom. The topological polar surface area (TPSA) is 78.4 Å². The number of nitrogens with zero attached hydrogens (tertiary/aromatic N) is 2. The van der Waals surface area contributed by atoms with Crippen LogP contribution in [0.4, 0.5) is 0 Å². The van der Waals surface area contributed by atoms with Crippen LogP contribution in [-0.4, -0.2) is 24.2 Å². The van der Waals surface area contributed by atoms with Crippen molar-refractivity contribution in [1.82, 2.24) is 9.97 Å². The largest absolute Gasteiger partial charge is 0.497 e. The summed E-state index contributed by atoms with van der Waals surface area (Å²) in [6.07, 6.45) is 0. The minimum atomic E-state index is -0.453. The number of hydrogen-bond donors (Lipinski definition) is 0. The SMILES string of the molecule is COc1ccc(-c2nc(=O)c3c(-c4ccc(OC)cc4)nc(=O)c2=3)cc1. The Bertz CT molecular complexity index is 1120. The summed E-state index contributed by atoms with van der Waals surface area (Å²) in [7, 11) is 3.14. The number of aromatic nitrogens is 2. The third-order valence-corrected chi connectivity index (χ3v) is 4.30. The smallest absolute Gasteiger partial charge is 0.280 e. The fourth-order valence-corrected chi connectivity index (χ4v) is 3.00. The van der Waals surface area contributed by atoms with E-state index < -0.39 is 11.1 Å². The van der Waals surface area contributed by atoms with Crippen LogP contribution in [0.15, 0.2) is 58.1 Å². The number of hydrogen-bond acceptors (Lipinski definition) is 6. The first-order chi connectivity index (χ1) is 12.6. The molecule has 2 aromatic rings. The predicted molar refractivity (Wildman–Crippen MR) is 96.2 cm³/mol. The lowest BCUT2D eigenvalue weighted by Crippen LogP contribution is -2.04. The minimum absolute atomic E-state index is 0.256. The molecule has 0 aromatic heterocycles. The predicted octanol–water partition coefficient (Wildman–Crippen LogP) is 2.15. The monoisotopic (exact) mass is 346 g/mol. The molecule has 2 heterocycles. The zero-order valence-corrected chi connectivity index (χ0v) is 14.1. The van der Waals surface area contributed by atoms with Gasteiger partial charge < -0.3 is 9.47 Å². The Morgan fingerprint density at radius 3 is 1.27 bits per heavy atom. The molecule has 0 radical (unpaired) electrons. The van der Waals surface area contributed by atoms with Crippen molar-refractivity contribution in [3.63, 3.8) is 0 Å². The van der Waals surface area contributed by atoms with Gasteiger partial charge in [0.25, 0.3) is 11.1 Å². The fraction of sp³-hybridized carbons (Fsp3) is 0.100. The molecule has 6 nitrogen and oxygen atoms in total. The second-order valence-corrected chi connectivity index (χ2v) is 5.74. The summed E-state index contributed by atoms with van der Waals surface area (Å²) in [5, 5.41) is 0.511. The summed E-state index contributed by atoms with van der Waals surface area (Å²) in [4.78, 5) is 33.2. The van der Waals surface area contributed by atoms with Crippen LogP contribution in [0.1, 0.15) is 0 Å². The average molecular weight is 346 g/mol. The van der Waals surface area contributed by atoms with Gasteiger partial charge in [0.2, 0.25) is 0 Å². The van der Waals surface area contributed by atoms with Crippen LogP contribution in [0.2, 0.25) is 0 Å². The first kappa shape index (κ1) is 16.0. The summed E-state index contributed by atoms with van der Waals surface area (Å²) in [6, 6.07) is 14.1. The highest BCUT2D eigenvalue weighted by molar-refractivity contribution is 5.67. The van der Waals surface area contributed by atoms with E-state index in [1.165, 1.54) is 0 Å². The fourth-order valence-electron chi connectivity index (χ4n) is 3.00. The maximum atomic E-state index is 12.5. The molecule has 6 heteroatoms. The molecular formula is C20H14N2O4. The second-order valence-electron chi connectivity index (χ2n) is 5.74. The molecule has 2 aliphatic rings. The third kappa shape index (κ3) is 2.43. The first-order valence-electron chi connectivity index (χ1n) is 7.92. The molecule has 0 N–H and O–H groups in total. The quantitative estimate of drug-likeness (QED) is 0.563. The number of rotatable bonds is 4. The van der Waals surface area contributed by atoms with Crippen molar-refractivity contribution in [3.8, 4) is 34.0 Å². The molecule has 0 aliphatic carbocycles. The number of methoxy groups -OCH3 is 2. The average Bonchev–Trinajstić information content (AvgIpc) is 3.21. The molecule has 0 atom stereocenters. The van der Waals surface area contributed by atoms with Crippen LogP contribution >= 0.6 is 0 Å².